The fourth-order valence-electron chi connectivity index (χ4n) is 3.42. The van der Waals surface area contributed by atoms with Crippen molar-refractivity contribution in [3.8, 4) is 11.1 Å². The molecule has 2 aromatic rings. The Kier molecular flexibility index (Phi) is 6.11. The minimum atomic E-state index is -0.590. The van der Waals surface area contributed by atoms with Crippen molar-refractivity contribution in [1.82, 2.24) is 4.90 Å². The zero-order valence-electron chi connectivity index (χ0n) is 17.4. The van der Waals surface area contributed by atoms with Crippen LogP contribution >= 0.6 is 0 Å². The average molecular weight is 396 g/mol. The van der Waals surface area contributed by atoms with E-state index in [1.54, 1.807) is 4.90 Å². The number of esters is 1. The van der Waals surface area contributed by atoms with Crippen molar-refractivity contribution in [2.75, 3.05) is 31.6 Å². The first-order chi connectivity index (χ1) is 13.8. The van der Waals surface area contributed by atoms with E-state index in [0.717, 1.165) is 16.8 Å². The molecule has 6 heteroatoms. The highest BCUT2D eigenvalue weighted by Crippen LogP contribution is 2.28. The molecule has 0 N–H and O–H groups in total. The summed E-state index contributed by atoms with van der Waals surface area (Å²) in [5.74, 6) is -0.372. The molecule has 0 aliphatic carbocycles. The van der Waals surface area contributed by atoms with E-state index in [1.807, 2.05) is 62.1 Å². The van der Waals surface area contributed by atoms with Crippen molar-refractivity contribution >= 4 is 17.7 Å². The minimum absolute atomic E-state index is 0.219. The van der Waals surface area contributed by atoms with Gasteiger partial charge in [0.2, 0.25) is 0 Å². The van der Waals surface area contributed by atoms with E-state index < -0.39 is 17.7 Å². The van der Waals surface area contributed by atoms with Gasteiger partial charge in [0.05, 0.1) is 13.7 Å². The molecule has 1 heterocycles. The third-order valence-corrected chi connectivity index (χ3v) is 4.79. The number of nitrogens with zero attached hydrogens (tertiary/aromatic N) is 2. The number of carbonyl (C=O) groups excluding carboxylic acids is 2. The van der Waals surface area contributed by atoms with Crippen molar-refractivity contribution in [2.24, 2.45) is 0 Å². The minimum Gasteiger partial charge on any atom is -0.467 e. The van der Waals surface area contributed by atoms with E-state index in [-0.39, 0.29) is 12.5 Å². The Morgan fingerprint density at radius 2 is 1.66 bits per heavy atom. The van der Waals surface area contributed by atoms with Crippen LogP contribution in [0.3, 0.4) is 0 Å². The second-order valence-electron chi connectivity index (χ2n) is 8.08. The first-order valence-electron chi connectivity index (χ1n) is 9.76. The molecule has 2 aromatic carbocycles. The first-order valence-corrected chi connectivity index (χ1v) is 9.76. The second-order valence-corrected chi connectivity index (χ2v) is 8.08. The van der Waals surface area contributed by atoms with Crippen LogP contribution in [0.2, 0.25) is 0 Å². The topological polar surface area (TPSA) is 59.1 Å². The number of hydrogen-bond donors (Lipinski definition) is 0. The van der Waals surface area contributed by atoms with Gasteiger partial charge in [0, 0.05) is 18.8 Å². The number of amides is 1. The number of benzene rings is 2. The lowest BCUT2D eigenvalue weighted by Gasteiger charge is -2.41. The summed E-state index contributed by atoms with van der Waals surface area (Å²) in [6.45, 7) is 6.68. The lowest BCUT2D eigenvalue weighted by molar-refractivity contribution is -0.143. The van der Waals surface area contributed by atoms with Crippen LogP contribution in [0.5, 0.6) is 0 Å². The van der Waals surface area contributed by atoms with Gasteiger partial charge >= 0.3 is 12.1 Å². The van der Waals surface area contributed by atoms with Gasteiger partial charge in [-0.3, -0.25) is 0 Å². The maximum absolute atomic E-state index is 12.5. The molecule has 1 unspecified atom stereocenters. The predicted octanol–water partition coefficient (Wildman–Crippen LogP) is 3.95. The summed E-state index contributed by atoms with van der Waals surface area (Å²) in [6.07, 6.45) is -0.413. The van der Waals surface area contributed by atoms with E-state index in [2.05, 4.69) is 18.2 Å². The van der Waals surface area contributed by atoms with E-state index in [9.17, 15) is 9.59 Å². The molecule has 1 aliphatic rings. The van der Waals surface area contributed by atoms with Crippen molar-refractivity contribution in [3.63, 3.8) is 0 Å². The zero-order valence-corrected chi connectivity index (χ0v) is 17.4. The number of rotatable bonds is 3. The van der Waals surface area contributed by atoms with Gasteiger partial charge in [0.1, 0.15) is 11.6 Å². The van der Waals surface area contributed by atoms with E-state index in [1.165, 1.54) is 7.11 Å². The SMILES string of the molecule is COC(=O)C1CN(C(=O)OC(C)(C)C)CCN1c1cccc(-c2ccccc2)c1. The number of carbonyl (C=O) groups is 2. The fourth-order valence-corrected chi connectivity index (χ4v) is 3.42. The van der Waals surface area contributed by atoms with Crippen LogP contribution in [0.15, 0.2) is 54.6 Å². The molecule has 3 rings (SSSR count). The van der Waals surface area contributed by atoms with Crippen molar-refractivity contribution in [2.45, 2.75) is 32.4 Å². The van der Waals surface area contributed by atoms with Crippen LogP contribution in [0.25, 0.3) is 11.1 Å². The summed E-state index contributed by atoms with van der Waals surface area (Å²) in [6, 6.07) is 17.6. The summed E-state index contributed by atoms with van der Waals surface area (Å²) >= 11 is 0. The molecule has 0 aromatic heterocycles. The molecule has 0 radical (unpaired) electrons. The third kappa shape index (κ3) is 5.08. The molecule has 0 saturated carbocycles. The van der Waals surface area contributed by atoms with Gasteiger partial charge in [-0.25, -0.2) is 9.59 Å². The number of methoxy groups -OCH3 is 1. The standard InChI is InChI=1S/C23H28N2O4/c1-23(2,3)29-22(27)24-13-14-25(20(16-24)21(26)28-4)19-12-8-11-18(15-19)17-9-6-5-7-10-17/h5-12,15,20H,13-14,16H2,1-4H3. The first kappa shape index (κ1) is 20.7. The highest BCUT2D eigenvalue weighted by molar-refractivity contribution is 5.83. The van der Waals surface area contributed by atoms with Crippen LogP contribution in [0, 0.1) is 0 Å². The molecule has 29 heavy (non-hydrogen) atoms. The smallest absolute Gasteiger partial charge is 0.410 e. The average Bonchev–Trinajstić information content (AvgIpc) is 2.72. The normalized spacial score (nSPS) is 17.0. The van der Waals surface area contributed by atoms with E-state index in [0.29, 0.717) is 13.1 Å². The molecule has 1 amide bonds. The highest BCUT2D eigenvalue weighted by Gasteiger charge is 2.36. The summed E-state index contributed by atoms with van der Waals surface area (Å²) < 4.78 is 10.5. The monoisotopic (exact) mass is 396 g/mol. The summed E-state index contributed by atoms with van der Waals surface area (Å²) in [5, 5.41) is 0. The molecule has 154 valence electrons. The molecular formula is C23H28N2O4. The lowest BCUT2D eigenvalue weighted by atomic mass is 10.0. The summed E-state index contributed by atoms with van der Waals surface area (Å²) in [7, 11) is 1.37. The Hall–Kier alpha value is -3.02. The fraction of sp³-hybridized carbons (Fsp3) is 0.391. The third-order valence-electron chi connectivity index (χ3n) is 4.79. The number of hydrogen-bond acceptors (Lipinski definition) is 5. The Morgan fingerprint density at radius 1 is 0.966 bits per heavy atom. The van der Waals surface area contributed by atoms with Crippen molar-refractivity contribution < 1.29 is 19.1 Å². The largest absolute Gasteiger partial charge is 0.467 e. The number of piperazine rings is 1. The van der Waals surface area contributed by atoms with Gasteiger partial charge in [-0.15, -0.1) is 0 Å². The Labute approximate surface area is 172 Å². The van der Waals surface area contributed by atoms with Crippen LogP contribution in [0.1, 0.15) is 20.8 Å². The quantitative estimate of drug-likeness (QED) is 0.735. The van der Waals surface area contributed by atoms with Crippen LogP contribution < -0.4 is 4.90 Å². The molecule has 1 saturated heterocycles. The second kappa shape index (κ2) is 8.55. The van der Waals surface area contributed by atoms with Gasteiger partial charge in [-0.05, 0) is 44.0 Å². The number of ether oxygens (including phenoxy) is 2. The Balaban J connectivity index is 1.84. The van der Waals surface area contributed by atoms with E-state index in [4.69, 9.17) is 9.47 Å². The van der Waals surface area contributed by atoms with Crippen LogP contribution in [-0.4, -0.2) is 55.3 Å². The van der Waals surface area contributed by atoms with Crippen molar-refractivity contribution in [1.29, 1.82) is 0 Å². The highest BCUT2D eigenvalue weighted by atomic mass is 16.6. The van der Waals surface area contributed by atoms with Crippen LogP contribution in [0.4, 0.5) is 10.5 Å². The predicted molar refractivity (Wildman–Crippen MR) is 113 cm³/mol. The molecule has 6 nitrogen and oxygen atoms in total. The van der Waals surface area contributed by atoms with E-state index >= 15 is 0 Å². The maximum atomic E-state index is 12.5. The molecule has 1 fully saturated rings. The summed E-state index contributed by atoms with van der Waals surface area (Å²) in [4.78, 5) is 28.6. The molecule has 0 bridgehead atoms. The van der Waals surface area contributed by atoms with Crippen LogP contribution in [-0.2, 0) is 14.3 Å². The summed E-state index contributed by atoms with van der Waals surface area (Å²) in [5.41, 5.74) is 2.52. The van der Waals surface area contributed by atoms with Crippen molar-refractivity contribution in [3.05, 3.63) is 54.6 Å². The molecule has 0 spiro atoms. The van der Waals surface area contributed by atoms with Gasteiger partial charge in [0.25, 0.3) is 0 Å². The Morgan fingerprint density at radius 3 is 2.31 bits per heavy atom. The van der Waals surface area contributed by atoms with Gasteiger partial charge in [0.15, 0.2) is 0 Å². The Bertz CT molecular complexity index is 861. The molecule has 1 atom stereocenters. The van der Waals surface area contributed by atoms with Gasteiger partial charge in [-0.2, -0.15) is 0 Å². The zero-order chi connectivity index (χ0) is 21.0. The molecular weight excluding hydrogens is 368 g/mol. The lowest BCUT2D eigenvalue weighted by Crippen LogP contribution is -2.58. The molecule has 1 aliphatic heterocycles. The van der Waals surface area contributed by atoms with Gasteiger partial charge in [-0.1, -0.05) is 42.5 Å². The van der Waals surface area contributed by atoms with Gasteiger partial charge < -0.3 is 19.3 Å². The number of anilines is 1. The maximum Gasteiger partial charge on any atom is 0.410 e.